The smallest absolute Gasteiger partial charge is 0.290 e. The molecule has 0 radical (unpaired) electrons. The third-order valence-electron chi connectivity index (χ3n) is 6.47. The summed E-state index contributed by atoms with van der Waals surface area (Å²) in [5, 5.41) is 12.3. The number of carbonyl (C=O) groups is 1. The molecular formula is C24H31N5O5S. The lowest BCUT2D eigenvalue weighted by molar-refractivity contribution is -0.122. The molecule has 0 unspecified atom stereocenters. The van der Waals surface area contributed by atoms with Gasteiger partial charge in [-0.15, -0.1) is 0 Å². The van der Waals surface area contributed by atoms with Crippen LogP contribution in [0.1, 0.15) is 12.6 Å². The Morgan fingerprint density at radius 3 is 2.46 bits per heavy atom. The van der Waals surface area contributed by atoms with Gasteiger partial charge in [-0.05, 0) is 43.8 Å². The molecule has 1 fully saturated rings. The summed E-state index contributed by atoms with van der Waals surface area (Å²) in [7, 11) is 0.215. The van der Waals surface area contributed by atoms with Crippen molar-refractivity contribution in [2.75, 3.05) is 63.2 Å². The van der Waals surface area contributed by atoms with Crippen LogP contribution in [0.15, 0.2) is 41.3 Å². The van der Waals surface area contributed by atoms with Crippen molar-refractivity contribution in [3.63, 3.8) is 0 Å². The van der Waals surface area contributed by atoms with Gasteiger partial charge in [0.25, 0.3) is 16.5 Å². The van der Waals surface area contributed by atoms with Gasteiger partial charge in [-0.1, -0.05) is 6.92 Å². The van der Waals surface area contributed by atoms with E-state index in [4.69, 9.17) is 14.6 Å². The molecule has 0 amide bonds. The minimum atomic E-state index is -3.88. The van der Waals surface area contributed by atoms with E-state index in [1.165, 1.54) is 4.09 Å². The van der Waals surface area contributed by atoms with E-state index in [1.807, 2.05) is 32.2 Å². The number of hydrogen-bond donors (Lipinski definition) is 1. The van der Waals surface area contributed by atoms with Gasteiger partial charge in [0.05, 0.1) is 28.3 Å². The zero-order valence-electron chi connectivity index (χ0n) is 20.2. The predicted octanol–water partition coefficient (Wildman–Crippen LogP) is 2.12. The second kappa shape index (κ2) is 10.1. The quantitative estimate of drug-likeness (QED) is 0.538. The molecule has 35 heavy (non-hydrogen) atoms. The molecule has 2 aromatic carbocycles. The third-order valence-corrected chi connectivity index (χ3v) is 8.05. The van der Waals surface area contributed by atoms with Crippen LogP contribution in [0.4, 0.5) is 11.4 Å². The zero-order chi connectivity index (χ0) is 25.2. The van der Waals surface area contributed by atoms with E-state index in [0.717, 1.165) is 55.2 Å². The molecule has 2 aliphatic heterocycles. The Hall–Kier alpha value is -3.31. The second-order valence-electron chi connectivity index (χ2n) is 8.64. The fraction of sp³-hybridized carbons (Fsp3) is 0.417. The highest BCUT2D eigenvalue weighted by Gasteiger charge is 2.26. The average Bonchev–Trinajstić information content (AvgIpc) is 3.24. The first-order valence-corrected chi connectivity index (χ1v) is 13.0. The van der Waals surface area contributed by atoms with E-state index < -0.39 is 10.0 Å². The molecule has 0 saturated carbocycles. The van der Waals surface area contributed by atoms with Crippen molar-refractivity contribution < 1.29 is 23.1 Å². The number of rotatable bonds is 4. The number of fused-ring (bicyclic) bond motifs is 2. The van der Waals surface area contributed by atoms with Crippen LogP contribution < -0.4 is 14.5 Å². The monoisotopic (exact) mass is 501 g/mol. The van der Waals surface area contributed by atoms with Gasteiger partial charge in [-0.3, -0.25) is 4.79 Å². The highest BCUT2D eigenvalue weighted by molar-refractivity contribution is 7.90. The summed E-state index contributed by atoms with van der Waals surface area (Å²) in [6.45, 7) is 6.86. The van der Waals surface area contributed by atoms with Crippen molar-refractivity contribution in [2.24, 2.45) is 0 Å². The molecule has 188 valence electrons. The molecule has 0 bridgehead atoms. The number of ether oxygens (including phenoxy) is 1. The molecule has 2 aliphatic rings. The van der Waals surface area contributed by atoms with E-state index in [-0.39, 0.29) is 11.4 Å². The average molecular weight is 502 g/mol. The van der Waals surface area contributed by atoms with Gasteiger partial charge < -0.3 is 24.5 Å². The molecule has 11 heteroatoms. The number of benzene rings is 2. The van der Waals surface area contributed by atoms with E-state index in [1.54, 1.807) is 12.1 Å². The van der Waals surface area contributed by atoms with Crippen LogP contribution in [0, 0.1) is 0 Å². The van der Waals surface area contributed by atoms with Gasteiger partial charge in [-0.25, -0.2) is 0 Å². The molecule has 0 atom stereocenters. The fourth-order valence-corrected chi connectivity index (χ4v) is 5.76. The van der Waals surface area contributed by atoms with Crippen molar-refractivity contribution in [3.05, 3.63) is 42.1 Å². The first-order valence-electron chi connectivity index (χ1n) is 11.6. The maximum atomic E-state index is 13.7. The normalized spacial score (nSPS) is 16.3. The Labute approximate surface area is 205 Å². The number of aryl methyl sites for hydroxylation is 1. The standard InChI is InChI=1S/C23H29N5O3S.CH2O2/c1-4-20-19-7-5-17(27-11-9-25(2)10-12-27)15-22(19)28(24-20)32(29,30)18-6-8-21-23(16-18)31-14-13-26(21)3;2-1-3/h5-8,15-16H,4,9-14H2,1-3H3;1H,(H,2,3). The Bertz CT molecular complexity index is 1320. The largest absolute Gasteiger partial charge is 0.490 e. The summed E-state index contributed by atoms with van der Waals surface area (Å²) in [6.07, 6.45) is 0.658. The number of anilines is 2. The number of aromatic nitrogens is 2. The molecule has 1 saturated heterocycles. The van der Waals surface area contributed by atoms with Gasteiger partial charge in [0.2, 0.25) is 0 Å². The molecule has 3 heterocycles. The number of likely N-dealkylation sites (N-methyl/N-ethyl adjacent to an activating group) is 2. The molecule has 5 rings (SSSR count). The van der Waals surface area contributed by atoms with E-state index in [0.29, 0.717) is 24.3 Å². The predicted molar refractivity (Wildman–Crippen MR) is 135 cm³/mol. The summed E-state index contributed by atoms with van der Waals surface area (Å²) in [5.41, 5.74) is 3.32. The van der Waals surface area contributed by atoms with Crippen molar-refractivity contribution in [1.82, 2.24) is 14.1 Å². The topological polar surface area (TPSA) is 108 Å². The highest BCUT2D eigenvalue weighted by atomic mass is 32.2. The van der Waals surface area contributed by atoms with Gasteiger partial charge in [0.1, 0.15) is 12.4 Å². The minimum Gasteiger partial charge on any atom is -0.490 e. The summed E-state index contributed by atoms with van der Waals surface area (Å²) in [4.78, 5) is 15.2. The molecular weight excluding hydrogens is 470 g/mol. The lowest BCUT2D eigenvalue weighted by atomic mass is 10.1. The van der Waals surface area contributed by atoms with Gasteiger partial charge in [0, 0.05) is 50.4 Å². The number of carboxylic acid groups (broad SMARTS) is 1. The van der Waals surface area contributed by atoms with Crippen LogP contribution in [-0.2, 0) is 21.2 Å². The number of hydrogen-bond acceptors (Lipinski definition) is 8. The third kappa shape index (κ3) is 4.78. The summed E-state index contributed by atoms with van der Waals surface area (Å²) in [5.74, 6) is 0.588. The number of piperazine rings is 1. The minimum absolute atomic E-state index is 0.184. The van der Waals surface area contributed by atoms with Crippen LogP contribution in [0.25, 0.3) is 10.9 Å². The molecule has 0 spiro atoms. The highest BCUT2D eigenvalue weighted by Crippen LogP contribution is 2.34. The maximum Gasteiger partial charge on any atom is 0.290 e. The lowest BCUT2D eigenvalue weighted by Gasteiger charge is -2.34. The maximum absolute atomic E-state index is 13.7. The van der Waals surface area contributed by atoms with Gasteiger partial charge >= 0.3 is 0 Å². The van der Waals surface area contributed by atoms with Crippen LogP contribution in [-0.4, -0.2) is 87.5 Å². The van der Waals surface area contributed by atoms with Crippen molar-refractivity contribution in [2.45, 2.75) is 18.2 Å². The van der Waals surface area contributed by atoms with Crippen LogP contribution in [0.3, 0.4) is 0 Å². The summed E-state index contributed by atoms with van der Waals surface area (Å²) >= 11 is 0. The first kappa shape index (κ1) is 24.8. The zero-order valence-corrected chi connectivity index (χ0v) is 21.0. The first-order chi connectivity index (χ1) is 16.8. The van der Waals surface area contributed by atoms with Crippen LogP contribution >= 0.6 is 0 Å². The molecule has 1 N–H and O–H groups in total. The molecule has 1 aromatic heterocycles. The summed E-state index contributed by atoms with van der Waals surface area (Å²) < 4.78 is 34.3. The SMILES string of the molecule is CCc1nn(S(=O)(=O)c2ccc3c(c2)OCCN3C)c2cc(N3CCN(C)CC3)ccc12.O=CO. The van der Waals surface area contributed by atoms with E-state index in [9.17, 15) is 8.42 Å². The van der Waals surface area contributed by atoms with Crippen molar-refractivity contribution in [1.29, 1.82) is 0 Å². The van der Waals surface area contributed by atoms with Gasteiger partial charge in [-0.2, -0.15) is 17.6 Å². The Balaban J connectivity index is 0.000000917. The van der Waals surface area contributed by atoms with E-state index in [2.05, 4.69) is 32.9 Å². The number of nitrogens with zero attached hydrogens (tertiary/aromatic N) is 5. The van der Waals surface area contributed by atoms with Crippen molar-refractivity contribution >= 4 is 38.8 Å². The molecule has 10 nitrogen and oxygen atoms in total. The molecule has 0 aliphatic carbocycles. The van der Waals surface area contributed by atoms with Crippen molar-refractivity contribution in [3.8, 4) is 5.75 Å². The Morgan fingerprint density at radius 2 is 1.77 bits per heavy atom. The van der Waals surface area contributed by atoms with Crippen LogP contribution in [0.5, 0.6) is 5.75 Å². The Morgan fingerprint density at radius 1 is 1.06 bits per heavy atom. The second-order valence-corrected chi connectivity index (χ2v) is 10.4. The molecule has 3 aromatic rings. The summed E-state index contributed by atoms with van der Waals surface area (Å²) in [6, 6.07) is 11.1. The van der Waals surface area contributed by atoms with Crippen LogP contribution in [0.2, 0.25) is 0 Å². The Kier molecular flexibility index (Phi) is 7.18. The van der Waals surface area contributed by atoms with Gasteiger partial charge in [0.15, 0.2) is 0 Å². The lowest BCUT2D eigenvalue weighted by Crippen LogP contribution is -2.44. The fourth-order valence-electron chi connectivity index (χ4n) is 4.44. The van der Waals surface area contributed by atoms with E-state index >= 15 is 0 Å².